The highest BCUT2D eigenvalue weighted by atomic mass is 16.5. The standard InChI is InChI=1S/C14H17N5O3/c1-9-13(21)15-14(18-16-9)19-17-12(20)8-5-10-3-6-11(22-2)7-4-10/h3-4,6-7H,5,8H2,1-2H3,(H,17,20)(H2,15,18,19,21). The van der Waals surface area contributed by atoms with Gasteiger partial charge in [-0.3, -0.25) is 25.4 Å². The molecule has 0 unspecified atom stereocenters. The normalized spacial score (nSPS) is 10.1. The molecule has 0 saturated carbocycles. The van der Waals surface area contributed by atoms with Crippen LogP contribution < -0.4 is 21.1 Å². The molecule has 0 saturated heterocycles. The van der Waals surface area contributed by atoms with Gasteiger partial charge in [-0.15, -0.1) is 10.2 Å². The van der Waals surface area contributed by atoms with Crippen LogP contribution in [0.3, 0.4) is 0 Å². The van der Waals surface area contributed by atoms with E-state index in [0.717, 1.165) is 11.3 Å². The number of carbonyl (C=O) groups excluding carboxylic acids is 1. The Morgan fingerprint density at radius 3 is 2.64 bits per heavy atom. The molecule has 22 heavy (non-hydrogen) atoms. The molecule has 2 rings (SSSR count). The van der Waals surface area contributed by atoms with E-state index in [1.165, 1.54) is 0 Å². The number of H-pyrrole nitrogens is 1. The van der Waals surface area contributed by atoms with E-state index in [9.17, 15) is 9.59 Å². The Bertz CT molecular complexity index is 696. The molecule has 1 aromatic heterocycles. The fourth-order valence-electron chi connectivity index (χ4n) is 1.69. The lowest BCUT2D eigenvalue weighted by Gasteiger charge is -2.07. The second-order valence-corrected chi connectivity index (χ2v) is 4.61. The fourth-order valence-corrected chi connectivity index (χ4v) is 1.69. The number of hydrogen-bond donors (Lipinski definition) is 3. The van der Waals surface area contributed by atoms with Gasteiger partial charge >= 0.3 is 0 Å². The first-order valence-electron chi connectivity index (χ1n) is 6.70. The molecule has 2 aromatic rings. The van der Waals surface area contributed by atoms with Crippen molar-refractivity contribution < 1.29 is 9.53 Å². The van der Waals surface area contributed by atoms with Crippen LogP contribution in [-0.4, -0.2) is 28.2 Å². The Kier molecular flexibility index (Phi) is 5.07. The zero-order valence-electron chi connectivity index (χ0n) is 12.3. The van der Waals surface area contributed by atoms with E-state index in [0.29, 0.717) is 12.8 Å². The van der Waals surface area contributed by atoms with E-state index < -0.39 is 0 Å². The number of nitrogens with one attached hydrogen (secondary N) is 3. The van der Waals surface area contributed by atoms with Gasteiger partial charge in [0.25, 0.3) is 5.56 Å². The Morgan fingerprint density at radius 2 is 2.00 bits per heavy atom. The van der Waals surface area contributed by atoms with Crippen LogP contribution in [0.4, 0.5) is 5.95 Å². The maximum absolute atomic E-state index is 11.7. The number of nitrogens with zero attached hydrogens (tertiary/aromatic N) is 2. The molecule has 8 heteroatoms. The van der Waals surface area contributed by atoms with Gasteiger partial charge in [0.05, 0.1) is 7.11 Å². The Morgan fingerprint density at radius 1 is 1.27 bits per heavy atom. The molecule has 0 radical (unpaired) electrons. The minimum Gasteiger partial charge on any atom is -0.497 e. The Hall–Kier alpha value is -2.90. The minimum atomic E-state index is -0.356. The van der Waals surface area contributed by atoms with Gasteiger partial charge in [0.2, 0.25) is 11.9 Å². The first-order chi connectivity index (χ1) is 10.6. The molecular formula is C14H17N5O3. The number of benzene rings is 1. The molecule has 0 bridgehead atoms. The first-order valence-corrected chi connectivity index (χ1v) is 6.70. The van der Waals surface area contributed by atoms with Crippen LogP contribution in [0.5, 0.6) is 5.75 Å². The summed E-state index contributed by atoms with van der Waals surface area (Å²) in [5.41, 5.74) is 5.90. The van der Waals surface area contributed by atoms with Crippen LogP contribution in [0.1, 0.15) is 17.7 Å². The molecule has 1 aromatic carbocycles. The first kappa shape index (κ1) is 15.5. The fraction of sp³-hybridized carbons (Fsp3) is 0.286. The van der Waals surface area contributed by atoms with E-state index >= 15 is 0 Å². The van der Waals surface area contributed by atoms with Crippen LogP contribution in [0.15, 0.2) is 29.1 Å². The topological polar surface area (TPSA) is 109 Å². The number of rotatable bonds is 6. The number of hydrazine groups is 1. The molecule has 0 aliphatic rings. The molecular weight excluding hydrogens is 286 g/mol. The van der Waals surface area contributed by atoms with E-state index in [4.69, 9.17) is 4.74 Å². The van der Waals surface area contributed by atoms with Crippen molar-refractivity contribution in [2.75, 3.05) is 12.5 Å². The zero-order chi connectivity index (χ0) is 15.9. The van der Waals surface area contributed by atoms with Gasteiger partial charge in [-0.05, 0) is 31.0 Å². The molecule has 0 spiro atoms. The average Bonchev–Trinajstić information content (AvgIpc) is 2.54. The number of aromatic amines is 1. The van der Waals surface area contributed by atoms with E-state index in [2.05, 4.69) is 26.0 Å². The number of ether oxygens (including phenoxy) is 1. The number of aryl methyl sites for hydroxylation is 2. The summed E-state index contributed by atoms with van der Waals surface area (Å²) in [7, 11) is 1.60. The molecule has 1 heterocycles. The lowest BCUT2D eigenvalue weighted by atomic mass is 10.1. The predicted octanol–water partition coefficient (Wildman–Crippen LogP) is 0.558. The molecule has 0 aliphatic heterocycles. The van der Waals surface area contributed by atoms with Gasteiger partial charge in [0.1, 0.15) is 11.4 Å². The number of methoxy groups -OCH3 is 1. The largest absolute Gasteiger partial charge is 0.497 e. The highest BCUT2D eigenvalue weighted by Crippen LogP contribution is 2.12. The maximum atomic E-state index is 11.7. The van der Waals surface area contributed by atoms with Crippen LogP contribution in [0.2, 0.25) is 0 Å². The summed E-state index contributed by atoms with van der Waals surface area (Å²) in [4.78, 5) is 25.5. The third kappa shape index (κ3) is 4.30. The monoisotopic (exact) mass is 303 g/mol. The maximum Gasteiger partial charge on any atom is 0.274 e. The smallest absolute Gasteiger partial charge is 0.274 e. The van der Waals surface area contributed by atoms with Crippen molar-refractivity contribution in [3.63, 3.8) is 0 Å². The lowest BCUT2D eigenvalue weighted by Crippen LogP contribution is -2.32. The average molecular weight is 303 g/mol. The van der Waals surface area contributed by atoms with Crippen molar-refractivity contribution in [3.05, 3.63) is 45.9 Å². The van der Waals surface area contributed by atoms with Crippen molar-refractivity contribution >= 4 is 11.9 Å². The third-order valence-electron chi connectivity index (χ3n) is 2.98. The van der Waals surface area contributed by atoms with Gasteiger partial charge in [0, 0.05) is 6.42 Å². The van der Waals surface area contributed by atoms with Gasteiger partial charge in [-0.25, -0.2) is 0 Å². The molecule has 8 nitrogen and oxygen atoms in total. The third-order valence-corrected chi connectivity index (χ3v) is 2.98. The van der Waals surface area contributed by atoms with Crippen LogP contribution in [-0.2, 0) is 11.2 Å². The SMILES string of the molecule is COc1ccc(CCC(=O)NNc2nnc(C)c(=O)[nH]2)cc1. The van der Waals surface area contributed by atoms with E-state index in [-0.39, 0.29) is 23.1 Å². The van der Waals surface area contributed by atoms with E-state index in [1.807, 2.05) is 24.3 Å². The molecule has 0 fully saturated rings. The summed E-state index contributed by atoms with van der Waals surface area (Å²) >= 11 is 0. The number of carbonyl (C=O) groups is 1. The molecule has 0 aliphatic carbocycles. The minimum absolute atomic E-state index is 0.0911. The van der Waals surface area contributed by atoms with Gasteiger partial charge in [-0.2, -0.15) is 0 Å². The second kappa shape index (κ2) is 7.21. The zero-order valence-corrected chi connectivity index (χ0v) is 12.3. The van der Waals surface area contributed by atoms with Crippen LogP contribution in [0.25, 0.3) is 0 Å². The number of amides is 1. The van der Waals surface area contributed by atoms with Crippen molar-refractivity contribution in [3.8, 4) is 5.75 Å². The van der Waals surface area contributed by atoms with Crippen molar-refractivity contribution in [2.24, 2.45) is 0 Å². The van der Waals surface area contributed by atoms with Crippen LogP contribution in [0, 0.1) is 6.92 Å². The van der Waals surface area contributed by atoms with Crippen LogP contribution >= 0.6 is 0 Å². The summed E-state index contributed by atoms with van der Waals surface area (Å²) in [5, 5.41) is 7.35. The Labute approximate surface area is 126 Å². The summed E-state index contributed by atoms with van der Waals surface area (Å²) < 4.78 is 5.07. The highest BCUT2D eigenvalue weighted by molar-refractivity contribution is 5.77. The number of hydrogen-bond acceptors (Lipinski definition) is 6. The molecule has 1 amide bonds. The Balaban J connectivity index is 1.79. The summed E-state index contributed by atoms with van der Waals surface area (Å²) in [6.45, 7) is 1.54. The summed E-state index contributed by atoms with van der Waals surface area (Å²) in [5.74, 6) is 0.643. The van der Waals surface area contributed by atoms with Gasteiger partial charge in [0.15, 0.2) is 0 Å². The highest BCUT2D eigenvalue weighted by Gasteiger charge is 2.04. The van der Waals surface area contributed by atoms with Crippen molar-refractivity contribution in [2.45, 2.75) is 19.8 Å². The predicted molar refractivity (Wildman–Crippen MR) is 80.5 cm³/mol. The second-order valence-electron chi connectivity index (χ2n) is 4.61. The number of aromatic nitrogens is 3. The van der Waals surface area contributed by atoms with Crippen molar-refractivity contribution in [1.82, 2.24) is 20.6 Å². The summed E-state index contributed by atoms with van der Waals surface area (Å²) in [6.07, 6.45) is 0.885. The quantitative estimate of drug-likeness (QED) is 0.673. The van der Waals surface area contributed by atoms with Gasteiger partial charge < -0.3 is 4.74 Å². The summed E-state index contributed by atoms with van der Waals surface area (Å²) in [6, 6.07) is 7.50. The molecule has 3 N–H and O–H groups in total. The molecule has 0 atom stereocenters. The van der Waals surface area contributed by atoms with Gasteiger partial charge in [-0.1, -0.05) is 12.1 Å². The van der Waals surface area contributed by atoms with E-state index in [1.54, 1.807) is 14.0 Å². The lowest BCUT2D eigenvalue weighted by molar-refractivity contribution is -0.120. The molecule has 116 valence electrons. The number of anilines is 1. The van der Waals surface area contributed by atoms with Crippen molar-refractivity contribution in [1.29, 1.82) is 0 Å².